The van der Waals surface area contributed by atoms with E-state index in [0.717, 1.165) is 37.4 Å². The highest BCUT2D eigenvalue weighted by Crippen LogP contribution is 2.33. The van der Waals surface area contributed by atoms with Gasteiger partial charge in [0.25, 0.3) is 0 Å². The van der Waals surface area contributed by atoms with Crippen LogP contribution in [-0.4, -0.2) is 30.6 Å². The molecule has 1 N–H and O–H groups in total. The fourth-order valence-corrected chi connectivity index (χ4v) is 3.20. The van der Waals surface area contributed by atoms with Gasteiger partial charge in [0.2, 0.25) is 0 Å². The van der Waals surface area contributed by atoms with Gasteiger partial charge in [-0.25, -0.2) is 4.79 Å². The van der Waals surface area contributed by atoms with Crippen LogP contribution in [0.2, 0.25) is 0 Å². The normalized spacial score (nSPS) is 23.0. The molecule has 0 bridgehead atoms. The average Bonchev–Trinajstić information content (AvgIpc) is 2.97. The van der Waals surface area contributed by atoms with Crippen molar-refractivity contribution in [3.8, 4) is 5.75 Å². The molecule has 1 saturated heterocycles. The number of nitrogens with zero attached hydrogens (tertiary/aromatic N) is 1. The molecule has 4 heteroatoms. The lowest BCUT2D eigenvalue weighted by atomic mass is 9.86. The first kappa shape index (κ1) is 14.7. The monoisotopic (exact) mass is 298 g/mol. The number of fused-ring (bicyclic) bond motifs is 1. The summed E-state index contributed by atoms with van der Waals surface area (Å²) in [6.07, 6.45) is 8.37. The maximum Gasteiger partial charge on any atom is 0.321 e. The van der Waals surface area contributed by atoms with Gasteiger partial charge in [0.15, 0.2) is 0 Å². The van der Waals surface area contributed by atoms with Crippen LogP contribution >= 0.6 is 0 Å². The Balaban J connectivity index is 1.59. The SMILES string of the molecule is C=CCOc1cccc(NC(=O)N2C[C@H]3CC=CC[C@H]3C2)c1. The van der Waals surface area contributed by atoms with Crippen LogP contribution in [0.1, 0.15) is 12.8 Å². The Morgan fingerprint density at radius 3 is 2.73 bits per heavy atom. The minimum atomic E-state index is -0.0183. The lowest BCUT2D eigenvalue weighted by Gasteiger charge is -2.17. The predicted molar refractivity (Wildman–Crippen MR) is 88.1 cm³/mol. The molecule has 1 aliphatic heterocycles. The number of nitrogens with one attached hydrogen (secondary N) is 1. The van der Waals surface area contributed by atoms with E-state index < -0.39 is 0 Å². The van der Waals surface area contributed by atoms with E-state index in [0.29, 0.717) is 18.4 Å². The van der Waals surface area contributed by atoms with E-state index in [9.17, 15) is 4.79 Å². The van der Waals surface area contributed by atoms with Crippen molar-refractivity contribution in [1.82, 2.24) is 4.90 Å². The summed E-state index contributed by atoms with van der Waals surface area (Å²) >= 11 is 0. The number of allylic oxidation sites excluding steroid dienone is 2. The van der Waals surface area contributed by atoms with Crippen LogP contribution in [0.3, 0.4) is 0 Å². The zero-order chi connectivity index (χ0) is 15.4. The van der Waals surface area contributed by atoms with Gasteiger partial charge in [-0.05, 0) is 36.8 Å². The third kappa shape index (κ3) is 3.32. The molecule has 1 aromatic rings. The molecule has 2 atom stereocenters. The largest absolute Gasteiger partial charge is 0.489 e. The Hall–Kier alpha value is -2.23. The van der Waals surface area contributed by atoms with Gasteiger partial charge in [-0.1, -0.05) is 30.9 Å². The van der Waals surface area contributed by atoms with E-state index >= 15 is 0 Å². The molecule has 1 fully saturated rings. The number of benzene rings is 1. The van der Waals surface area contributed by atoms with Crippen LogP contribution in [0.4, 0.5) is 10.5 Å². The number of anilines is 1. The molecule has 116 valence electrons. The van der Waals surface area contributed by atoms with Crippen LogP contribution in [0.5, 0.6) is 5.75 Å². The Kier molecular flexibility index (Phi) is 4.47. The molecule has 3 rings (SSSR count). The topological polar surface area (TPSA) is 41.6 Å². The molecule has 0 aromatic heterocycles. The molecule has 4 nitrogen and oxygen atoms in total. The van der Waals surface area contributed by atoms with E-state index in [-0.39, 0.29) is 6.03 Å². The van der Waals surface area contributed by atoms with Gasteiger partial charge in [0, 0.05) is 24.8 Å². The van der Waals surface area contributed by atoms with Gasteiger partial charge in [0.05, 0.1) is 0 Å². The third-order valence-corrected chi connectivity index (χ3v) is 4.36. The van der Waals surface area contributed by atoms with Crippen LogP contribution in [0, 0.1) is 11.8 Å². The van der Waals surface area contributed by atoms with Crippen molar-refractivity contribution in [2.45, 2.75) is 12.8 Å². The molecule has 2 amide bonds. The van der Waals surface area contributed by atoms with Crippen molar-refractivity contribution >= 4 is 11.7 Å². The van der Waals surface area contributed by atoms with Gasteiger partial charge in [-0.2, -0.15) is 0 Å². The first-order valence-corrected chi connectivity index (χ1v) is 7.81. The highest BCUT2D eigenvalue weighted by Gasteiger charge is 2.35. The van der Waals surface area contributed by atoms with Gasteiger partial charge in [0.1, 0.15) is 12.4 Å². The van der Waals surface area contributed by atoms with Crippen molar-refractivity contribution in [3.05, 3.63) is 49.1 Å². The van der Waals surface area contributed by atoms with E-state index in [1.165, 1.54) is 0 Å². The fourth-order valence-electron chi connectivity index (χ4n) is 3.20. The predicted octanol–water partition coefficient (Wildman–Crippen LogP) is 3.68. The number of urea groups is 1. The summed E-state index contributed by atoms with van der Waals surface area (Å²) in [6, 6.07) is 7.45. The zero-order valence-corrected chi connectivity index (χ0v) is 12.7. The summed E-state index contributed by atoms with van der Waals surface area (Å²) in [7, 11) is 0. The number of carbonyl (C=O) groups excluding carboxylic acids is 1. The van der Waals surface area contributed by atoms with E-state index in [4.69, 9.17) is 4.74 Å². The Labute approximate surface area is 131 Å². The first-order valence-electron chi connectivity index (χ1n) is 7.81. The van der Waals surface area contributed by atoms with Crippen LogP contribution in [0.25, 0.3) is 0 Å². The first-order chi connectivity index (χ1) is 10.8. The van der Waals surface area contributed by atoms with Crippen molar-refractivity contribution in [2.75, 3.05) is 25.0 Å². The Bertz CT molecular complexity index is 566. The van der Waals surface area contributed by atoms with Gasteiger partial charge in [-0.15, -0.1) is 0 Å². The smallest absolute Gasteiger partial charge is 0.321 e. The number of likely N-dealkylation sites (tertiary alicyclic amines) is 1. The minimum absolute atomic E-state index is 0.0183. The number of ether oxygens (including phenoxy) is 1. The summed E-state index contributed by atoms with van der Waals surface area (Å²) in [4.78, 5) is 14.4. The standard InChI is InChI=1S/C18H22N2O2/c1-2-10-22-17-9-5-8-16(11-17)19-18(21)20-12-14-6-3-4-7-15(14)13-20/h2-5,8-9,11,14-15H,1,6-7,10,12-13H2,(H,19,21)/t14-,15+. The lowest BCUT2D eigenvalue weighted by molar-refractivity contribution is 0.220. The molecule has 1 aromatic carbocycles. The van der Waals surface area contributed by atoms with E-state index in [2.05, 4.69) is 24.0 Å². The Morgan fingerprint density at radius 1 is 1.32 bits per heavy atom. The van der Waals surface area contributed by atoms with Gasteiger partial charge < -0.3 is 15.0 Å². The summed E-state index contributed by atoms with van der Waals surface area (Å²) in [5.74, 6) is 1.98. The molecule has 0 unspecified atom stereocenters. The highest BCUT2D eigenvalue weighted by molar-refractivity contribution is 5.89. The van der Waals surface area contributed by atoms with Gasteiger partial charge in [-0.3, -0.25) is 0 Å². The number of hydrogen-bond donors (Lipinski definition) is 1. The van der Waals surface area contributed by atoms with Crippen molar-refractivity contribution in [2.24, 2.45) is 11.8 Å². The summed E-state index contributed by atoms with van der Waals surface area (Å²) in [5.41, 5.74) is 0.763. The molecule has 0 radical (unpaired) electrons. The molecule has 1 aliphatic carbocycles. The minimum Gasteiger partial charge on any atom is -0.489 e. The number of amides is 2. The van der Waals surface area contributed by atoms with Crippen LogP contribution in [0.15, 0.2) is 49.1 Å². The molecule has 22 heavy (non-hydrogen) atoms. The molecular formula is C18H22N2O2. The number of rotatable bonds is 4. The van der Waals surface area contributed by atoms with E-state index in [1.54, 1.807) is 6.08 Å². The molecular weight excluding hydrogens is 276 g/mol. The van der Waals surface area contributed by atoms with Crippen LogP contribution < -0.4 is 10.1 Å². The molecule has 1 heterocycles. The van der Waals surface area contributed by atoms with Crippen molar-refractivity contribution in [3.63, 3.8) is 0 Å². The Morgan fingerprint density at radius 2 is 2.05 bits per heavy atom. The average molecular weight is 298 g/mol. The van der Waals surface area contributed by atoms with Crippen molar-refractivity contribution in [1.29, 1.82) is 0 Å². The zero-order valence-electron chi connectivity index (χ0n) is 12.7. The summed E-state index contributed by atoms with van der Waals surface area (Å²) < 4.78 is 5.49. The fraction of sp³-hybridized carbons (Fsp3) is 0.389. The second-order valence-electron chi connectivity index (χ2n) is 5.93. The summed E-state index contributed by atoms with van der Waals surface area (Å²) in [5, 5.41) is 2.97. The number of hydrogen-bond acceptors (Lipinski definition) is 2. The molecule has 0 saturated carbocycles. The molecule has 0 spiro atoms. The second-order valence-corrected chi connectivity index (χ2v) is 5.93. The van der Waals surface area contributed by atoms with Crippen molar-refractivity contribution < 1.29 is 9.53 Å². The number of carbonyl (C=O) groups is 1. The van der Waals surface area contributed by atoms with Gasteiger partial charge >= 0.3 is 6.03 Å². The lowest BCUT2D eigenvalue weighted by Crippen LogP contribution is -2.33. The molecule has 2 aliphatic rings. The third-order valence-electron chi connectivity index (χ3n) is 4.36. The van der Waals surface area contributed by atoms with E-state index in [1.807, 2.05) is 29.2 Å². The maximum absolute atomic E-state index is 12.4. The van der Waals surface area contributed by atoms with Crippen LogP contribution in [-0.2, 0) is 0 Å². The summed E-state index contributed by atoms with van der Waals surface area (Å²) in [6.45, 7) is 5.80. The second kappa shape index (κ2) is 6.69. The quantitative estimate of drug-likeness (QED) is 0.862. The maximum atomic E-state index is 12.4. The highest BCUT2D eigenvalue weighted by atomic mass is 16.5.